The minimum atomic E-state index is -0.108. The van der Waals surface area contributed by atoms with E-state index in [9.17, 15) is 0 Å². The molecule has 1 rings (SSSR count). The average Bonchev–Trinajstić information content (AvgIpc) is 2.21. The third-order valence-electron chi connectivity index (χ3n) is 1.94. The Balaban J connectivity index is 2.73. The van der Waals surface area contributed by atoms with E-state index in [1.807, 2.05) is 19.1 Å². The lowest BCUT2D eigenvalue weighted by Gasteiger charge is -2.16. The van der Waals surface area contributed by atoms with E-state index in [1.54, 1.807) is 6.20 Å². The highest BCUT2D eigenvalue weighted by molar-refractivity contribution is 5.40. The number of hydrazine groups is 1. The fraction of sp³-hybridized carbons (Fsp3) is 0.444. The van der Waals surface area contributed by atoms with Crippen molar-refractivity contribution in [1.82, 2.24) is 10.4 Å². The lowest BCUT2D eigenvalue weighted by molar-refractivity contribution is 0.123. The van der Waals surface area contributed by atoms with Gasteiger partial charge in [0.25, 0.3) is 0 Å². The molecule has 1 aromatic heterocycles. The van der Waals surface area contributed by atoms with E-state index in [1.165, 1.54) is 0 Å². The second-order valence-corrected chi connectivity index (χ2v) is 2.86. The Labute approximate surface area is 83.4 Å². The van der Waals surface area contributed by atoms with Gasteiger partial charge in [-0.25, -0.2) is 4.98 Å². The van der Waals surface area contributed by atoms with Crippen LogP contribution in [0.2, 0.25) is 0 Å². The summed E-state index contributed by atoms with van der Waals surface area (Å²) >= 11 is 0. The monoisotopic (exact) mass is 196 g/mol. The molecule has 0 aliphatic rings. The van der Waals surface area contributed by atoms with Gasteiger partial charge in [-0.1, -0.05) is 6.07 Å². The Bertz CT molecular complexity index is 279. The Kier molecular flexibility index (Phi) is 4.31. The number of aromatic nitrogens is 1. The minimum absolute atomic E-state index is 0.108. The maximum atomic E-state index is 5.71. The van der Waals surface area contributed by atoms with Gasteiger partial charge in [-0.15, -0.1) is 0 Å². The van der Waals surface area contributed by atoms with Crippen molar-refractivity contribution in [1.29, 1.82) is 0 Å². The second-order valence-electron chi connectivity index (χ2n) is 2.86. The van der Waals surface area contributed by atoms with Crippen LogP contribution in [0.15, 0.2) is 18.3 Å². The van der Waals surface area contributed by atoms with Gasteiger partial charge in [0.1, 0.15) is 5.82 Å². The fourth-order valence-electron chi connectivity index (χ4n) is 1.19. The molecule has 1 aromatic rings. The molecule has 1 unspecified atom stereocenters. The molecule has 0 fully saturated rings. The average molecular weight is 196 g/mol. The van der Waals surface area contributed by atoms with Crippen LogP contribution in [0, 0.1) is 0 Å². The van der Waals surface area contributed by atoms with Gasteiger partial charge in [0.05, 0.1) is 12.6 Å². The zero-order chi connectivity index (χ0) is 10.4. The SMILES string of the molecule is CCOCC(NN)c1cccnc1N. The highest BCUT2D eigenvalue weighted by atomic mass is 16.5. The molecule has 0 saturated carbocycles. The molecule has 0 saturated heterocycles. The van der Waals surface area contributed by atoms with Gasteiger partial charge in [-0.3, -0.25) is 11.3 Å². The summed E-state index contributed by atoms with van der Waals surface area (Å²) in [5, 5.41) is 0. The smallest absolute Gasteiger partial charge is 0.128 e. The lowest BCUT2D eigenvalue weighted by Crippen LogP contribution is -2.32. The lowest BCUT2D eigenvalue weighted by atomic mass is 10.1. The Morgan fingerprint density at radius 3 is 3.00 bits per heavy atom. The molecule has 0 radical (unpaired) electrons. The normalized spacial score (nSPS) is 12.7. The second kappa shape index (κ2) is 5.54. The number of nitrogens with one attached hydrogen (secondary N) is 1. The number of hydrogen-bond donors (Lipinski definition) is 3. The van der Waals surface area contributed by atoms with E-state index in [0.717, 1.165) is 5.56 Å². The highest BCUT2D eigenvalue weighted by Gasteiger charge is 2.12. The molecule has 0 aliphatic heterocycles. The molecule has 0 aliphatic carbocycles. The summed E-state index contributed by atoms with van der Waals surface area (Å²) in [6.07, 6.45) is 1.65. The van der Waals surface area contributed by atoms with Crippen molar-refractivity contribution in [3.8, 4) is 0 Å². The number of hydrogen-bond acceptors (Lipinski definition) is 5. The Morgan fingerprint density at radius 1 is 1.64 bits per heavy atom. The molecule has 0 bridgehead atoms. The van der Waals surface area contributed by atoms with E-state index >= 15 is 0 Å². The highest BCUT2D eigenvalue weighted by Crippen LogP contribution is 2.17. The summed E-state index contributed by atoms with van der Waals surface area (Å²) in [5.74, 6) is 5.88. The zero-order valence-corrected chi connectivity index (χ0v) is 8.23. The maximum Gasteiger partial charge on any atom is 0.128 e. The molecular formula is C9H16N4O. The summed E-state index contributed by atoms with van der Waals surface area (Å²) in [6.45, 7) is 3.07. The molecule has 5 N–H and O–H groups in total. The van der Waals surface area contributed by atoms with Crippen molar-refractivity contribution in [2.24, 2.45) is 5.84 Å². The van der Waals surface area contributed by atoms with Crippen molar-refractivity contribution in [2.45, 2.75) is 13.0 Å². The van der Waals surface area contributed by atoms with Crippen LogP contribution in [0.3, 0.4) is 0 Å². The number of nitrogens with two attached hydrogens (primary N) is 2. The first kappa shape index (κ1) is 10.9. The van der Waals surface area contributed by atoms with Crippen LogP contribution in [0.25, 0.3) is 0 Å². The number of nitrogen functional groups attached to an aromatic ring is 1. The van der Waals surface area contributed by atoms with Crippen molar-refractivity contribution < 1.29 is 4.74 Å². The Morgan fingerprint density at radius 2 is 2.43 bits per heavy atom. The quantitative estimate of drug-likeness (QED) is 0.463. The van der Waals surface area contributed by atoms with Crippen molar-refractivity contribution in [3.63, 3.8) is 0 Å². The third kappa shape index (κ3) is 2.66. The van der Waals surface area contributed by atoms with Crippen LogP contribution in [0.5, 0.6) is 0 Å². The van der Waals surface area contributed by atoms with Crippen LogP contribution >= 0.6 is 0 Å². The van der Waals surface area contributed by atoms with Gasteiger partial charge in [-0.05, 0) is 13.0 Å². The summed E-state index contributed by atoms with van der Waals surface area (Å²) in [6, 6.07) is 3.59. The number of ether oxygens (including phenoxy) is 1. The van der Waals surface area contributed by atoms with E-state index in [0.29, 0.717) is 19.0 Å². The van der Waals surface area contributed by atoms with Gasteiger partial charge in [0, 0.05) is 18.4 Å². The third-order valence-corrected chi connectivity index (χ3v) is 1.94. The van der Waals surface area contributed by atoms with Crippen LogP contribution in [0.1, 0.15) is 18.5 Å². The van der Waals surface area contributed by atoms with E-state index < -0.39 is 0 Å². The van der Waals surface area contributed by atoms with Gasteiger partial charge < -0.3 is 10.5 Å². The van der Waals surface area contributed by atoms with Gasteiger partial charge in [0.2, 0.25) is 0 Å². The van der Waals surface area contributed by atoms with Gasteiger partial charge in [0.15, 0.2) is 0 Å². The predicted molar refractivity (Wildman–Crippen MR) is 55.2 cm³/mol. The summed E-state index contributed by atoms with van der Waals surface area (Å²) in [4.78, 5) is 3.98. The summed E-state index contributed by atoms with van der Waals surface area (Å²) in [5.41, 5.74) is 9.22. The molecule has 5 nitrogen and oxygen atoms in total. The van der Waals surface area contributed by atoms with Crippen LogP contribution in [-0.2, 0) is 4.74 Å². The first-order valence-corrected chi connectivity index (χ1v) is 4.53. The molecule has 0 aromatic carbocycles. The molecule has 78 valence electrons. The van der Waals surface area contributed by atoms with Crippen molar-refractivity contribution >= 4 is 5.82 Å². The fourth-order valence-corrected chi connectivity index (χ4v) is 1.19. The molecule has 0 amide bonds. The summed E-state index contributed by atoms with van der Waals surface area (Å²) < 4.78 is 5.27. The number of rotatable bonds is 5. The Hall–Kier alpha value is -1.17. The minimum Gasteiger partial charge on any atom is -0.383 e. The first-order chi connectivity index (χ1) is 6.79. The van der Waals surface area contributed by atoms with Gasteiger partial charge in [-0.2, -0.15) is 0 Å². The summed E-state index contributed by atoms with van der Waals surface area (Å²) in [7, 11) is 0. The van der Waals surface area contributed by atoms with Crippen LogP contribution in [0.4, 0.5) is 5.82 Å². The van der Waals surface area contributed by atoms with E-state index in [2.05, 4.69) is 10.4 Å². The number of anilines is 1. The van der Waals surface area contributed by atoms with Crippen molar-refractivity contribution in [2.75, 3.05) is 18.9 Å². The molecule has 0 spiro atoms. The standard InChI is InChI=1S/C9H16N4O/c1-2-14-6-8(13-11)7-4-3-5-12-9(7)10/h3-5,8,13H,2,6,11H2,1H3,(H2,10,12). The number of nitrogens with zero attached hydrogens (tertiary/aromatic N) is 1. The van der Waals surface area contributed by atoms with E-state index in [-0.39, 0.29) is 6.04 Å². The van der Waals surface area contributed by atoms with Crippen LogP contribution < -0.4 is 17.0 Å². The largest absolute Gasteiger partial charge is 0.383 e. The predicted octanol–water partition coefficient (Wildman–Crippen LogP) is 0.205. The van der Waals surface area contributed by atoms with Crippen molar-refractivity contribution in [3.05, 3.63) is 23.9 Å². The molecule has 1 heterocycles. The zero-order valence-electron chi connectivity index (χ0n) is 8.23. The maximum absolute atomic E-state index is 5.71. The van der Waals surface area contributed by atoms with E-state index in [4.69, 9.17) is 16.3 Å². The van der Waals surface area contributed by atoms with Gasteiger partial charge >= 0.3 is 0 Å². The first-order valence-electron chi connectivity index (χ1n) is 4.53. The molecular weight excluding hydrogens is 180 g/mol. The topological polar surface area (TPSA) is 86.2 Å². The number of pyridine rings is 1. The van der Waals surface area contributed by atoms with Crippen LogP contribution in [-0.4, -0.2) is 18.2 Å². The molecule has 5 heteroatoms. The molecule has 14 heavy (non-hydrogen) atoms. The molecule has 1 atom stereocenters.